The van der Waals surface area contributed by atoms with Crippen LogP contribution in [-0.2, 0) is 4.79 Å². The van der Waals surface area contributed by atoms with Crippen molar-refractivity contribution in [3.05, 3.63) is 54.2 Å². The van der Waals surface area contributed by atoms with Crippen LogP contribution in [0.1, 0.15) is 26.3 Å². The van der Waals surface area contributed by atoms with Crippen molar-refractivity contribution in [2.24, 2.45) is 0 Å². The lowest BCUT2D eigenvalue weighted by Gasteiger charge is -1.99. The zero-order chi connectivity index (χ0) is 13.8. The fourth-order valence-corrected chi connectivity index (χ4v) is 1.26. The van der Waals surface area contributed by atoms with Crippen LogP contribution in [0.3, 0.4) is 0 Å². The molecule has 1 heterocycles. The predicted molar refractivity (Wildman–Crippen MR) is 77.5 cm³/mol. The molecule has 0 aliphatic carbocycles. The number of carbonyl (C=O) groups is 1. The van der Waals surface area contributed by atoms with Gasteiger partial charge in [0.05, 0.1) is 5.69 Å². The number of aromatic nitrogens is 1. The number of nitrogens with zero attached hydrogens (tertiary/aromatic N) is 1. The molecule has 2 rings (SSSR count). The molecule has 0 fully saturated rings. The first-order valence-corrected chi connectivity index (χ1v) is 6.15. The highest BCUT2D eigenvalue weighted by atomic mass is 16.1. The molecule has 1 aromatic carbocycles. The molecule has 2 nitrogen and oxygen atoms in total. The molecule has 96 valence electrons. The van der Waals surface area contributed by atoms with Gasteiger partial charge in [0.15, 0.2) is 0 Å². The maximum Gasteiger partial charge on any atom is 0.116 e. The van der Waals surface area contributed by atoms with E-state index in [-0.39, 0.29) is 0 Å². The molecule has 18 heavy (non-hydrogen) atoms. The van der Waals surface area contributed by atoms with Gasteiger partial charge >= 0.3 is 0 Å². The first kappa shape index (κ1) is 16.0. The summed E-state index contributed by atoms with van der Waals surface area (Å²) in [5, 5.41) is 0. The smallest absolute Gasteiger partial charge is 0.116 e. The molecule has 1 aromatic heterocycles. The maximum absolute atomic E-state index is 8.81. The van der Waals surface area contributed by atoms with Gasteiger partial charge in [-0.05, 0) is 26.0 Å². The van der Waals surface area contributed by atoms with Crippen LogP contribution in [0.5, 0.6) is 0 Å². The van der Waals surface area contributed by atoms with E-state index in [2.05, 4.69) is 36.2 Å². The number of aryl methyl sites for hydroxylation is 1. The lowest BCUT2D eigenvalue weighted by atomic mass is 10.1. The summed E-state index contributed by atoms with van der Waals surface area (Å²) < 4.78 is 0. The number of aldehydes is 1. The standard InChI is InChI=1S/C12H11N.C2H4O.C2H6/c1-10-5-7-11(8-6-10)12-4-2-3-9-13-12;1-2-3;1-2/h2-9H,1H3;2H,1H3;1-2H3. The fraction of sp³-hybridized carbons (Fsp3) is 0.250. The Bertz CT molecular complexity index is 421. The Labute approximate surface area is 110 Å². The lowest BCUT2D eigenvalue weighted by Crippen LogP contribution is -1.81. The minimum Gasteiger partial charge on any atom is -0.304 e. The molecule has 0 aliphatic heterocycles. The third-order valence-electron chi connectivity index (χ3n) is 2.01. The Balaban J connectivity index is 0.000000509. The van der Waals surface area contributed by atoms with Crippen molar-refractivity contribution in [2.75, 3.05) is 0 Å². The first-order chi connectivity index (χ1) is 8.77. The molecular formula is C16H21NO. The van der Waals surface area contributed by atoms with E-state index in [0.29, 0.717) is 0 Å². The van der Waals surface area contributed by atoms with Gasteiger partial charge in [-0.1, -0.05) is 49.7 Å². The van der Waals surface area contributed by atoms with Crippen molar-refractivity contribution in [1.82, 2.24) is 4.98 Å². The first-order valence-electron chi connectivity index (χ1n) is 6.15. The topological polar surface area (TPSA) is 30.0 Å². The number of hydrogen-bond donors (Lipinski definition) is 0. The van der Waals surface area contributed by atoms with E-state index in [1.165, 1.54) is 18.1 Å². The minimum absolute atomic E-state index is 0.750. The second-order valence-corrected chi connectivity index (χ2v) is 3.32. The predicted octanol–water partition coefficient (Wildman–Crippen LogP) is 4.29. The summed E-state index contributed by atoms with van der Waals surface area (Å²) in [5.74, 6) is 0. The van der Waals surface area contributed by atoms with Gasteiger partial charge in [-0.3, -0.25) is 4.98 Å². The lowest BCUT2D eigenvalue weighted by molar-refractivity contribution is -0.106. The van der Waals surface area contributed by atoms with Crippen molar-refractivity contribution in [3.8, 4) is 11.3 Å². The molecule has 2 heteroatoms. The van der Waals surface area contributed by atoms with Gasteiger partial charge in [-0.2, -0.15) is 0 Å². The van der Waals surface area contributed by atoms with Crippen LogP contribution in [0.2, 0.25) is 0 Å². The second kappa shape index (κ2) is 10.2. The van der Waals surface area contributed by atoms with E-state index in [9.17, 15) is 0 Å². The number of carbonyl (C=O) groups excluding carboxylic acids is 1. The van der Waals surface area contributed by atoms with Crippen LogP contribution in [0.25, 0.3) is 11.3 Å². The monoisotopic (exact) mass is 243 g/mol. The Morgan fingerprint density at radius 3 is 2.00 bits per heavy atom. The molecule has 0 aliphatic rings. The molecule has 0 saturated heterocycles. The van der Waals surface area contributed by atoms with Crippen molar-refractivity contribution in [1.29, 1.82) is 0 Å². The van der Waals surface area contributed by atoms with Gasteiger partial charge < -0.3 is 4.79 Å². The number of hydrogen-bond acceptors (Lipinski definition) is 2. The van der Waals surface area contributed by atoms with Gasteiger partial charge in [0.1, 0.15) is 6.29 Å². The van der Waals surface area contributed by atoms with E-state index in [0.717, 1.165) is 12.0 Å². The largest absolute Gasteiger partial charge is 0.304 e. The van der Waals surface area contributed by atoms with Crippen molar-refractivity contribution in [3.63, 3.8) is 0 Å². The van der Waals surface area contributed by atoms with Crippen molar-refractivity contribution >= 4 is 6.29 Å². The normalized spacial score (nSPS) is 8.22. The minimum atomic E-state index is 0.750. The summed E-state index contributed by atoms with van der Waals surface area (Å²) >= 11 is 0. The summed E-state index contributed by atoms with van der Waals surface area (Å²) in [6.07, 6.45) is 2.56. The molecular weight excluding hydrogens is 222 g/mol. The van der Waals surface area contributed by atoms with Crippen LogP contribution in [0.15, 0.2) is 48.7 Å². The van der Waals surface area contributed by atoms with E-state index in [1.807, 2.05) is 38.2 Å². The highest BCUT2D eigenvalue weighted by Gasteiger charge is 1.95. The van der Waals surface area contributed by atoms with Gasteiger partial charge in [0.25, 0.3) is 0 Å². The van der Waals surface area contributed by atoms with Crippen LogP contribution < -0.4 is 0 Å². The molecule has 0 atom stereocenters. The third kappa shape index (κ3) is 5.94. The van der Waals surface area contributed by atoms with E-state index in [1.54, 1.807) is 0 Å². The van der Waals surface area contributed by atoms with E-state index < -0.39 is 0 Å². The molecule has 0 saturated carbocycles. The quantitative estimate of drug-likeness (QED) is 0.699. The number of rotatable bonds is 1. The van der Waals surface area contributed by atoms with Gasteiger partial charge in [-0.25, -0.2) is 0 Å². The van der Waals surface area contributed by atoms with E-state index in [4.69, 9.17) is 4.79 Å². The molecule has 0 unspecified atom stereocenters. The highest BCUT2D eigenvalue weighted by Crippen LogP contribution is 2.15. The van der Waals surface area contributed by atoms with Crippen LogP contribution >= 0.6 is 0 Å². The molecule has 0 radical (unpaired) electrons. The van der Waals surface area contributed by atoms with Crippen LogP contribution in [0.4, 0.5) is 0 Å². The maximum atomic E-state index is 8.81. The molecule has 0 bridgehead atoms. The Hall–Kier alpha value is -1.96. The van der Waals surface area contributed by atoms with Gasteiger partial charge in [0, 0.05) is 11.8 Å². The van der Waals surface area contributed by atoms with Crippen molar-refractivity contribution in [2.45, 2.75) is 27.7 Å². The molecule has 0 amide bonds. The summed E-state index contributed by atoms with van der Waals surface area (Å²) in [7, 11) is 0. The Morgan fingerprint density at radius 2 is 1.56 bits per heavy atom. The Morgan fingerprint density at radius 1 is 1.00 bits per heavy atom. The van der Waals surface area contributed by atoms with E-state index >= 15 is 0 Å². The van der Waals surface area contributed by atoms with Crippen LogP contribution in [-0.4, -0.2) is 11.3 Å². The average Bonchev–Trinajstić information content (AvgIpc) is 2.44. The summed E-state index contributed by atoms with van der Waals surface area (Å²) in [6, 6.07) is 14.3. The average molecular weight is 243 g/mol. The zero-order valence-electron chi connectivity index (χ0n) is 11.6. The van der Waals surface area contributed by atoms with Gasteiger partial charge in [-0.15, -0.1) is 0 Å². The fourth-order valence-electron chi connectivity index (χ4n) is 1.26. The van der Waals surface area contributed by atoms with Crippen LogP contribution in [0, 0.1) is 6.92 Å². The zero-order valence-corrected chi connectivity index (χ0v) is 11.6. The Kier molecular flexibility index (Phi) is 9.10. The molecule has 0 spiro atoms. The summed E-state index contributed by atoms with van der Waals surface area (Å²) in [5.41, 5.74) is 3.48. The summed E-state index contributed by atoms with van der Waals surface area (Å²) in [6.45, 7) is 7.53. The van der Waals surface area contributed by atoms with Crippen molar-refractivity contribution < 1.29 is 4.79 Å². The molecule has 0 N–H and O–H groups in total. The highest BCUT2D eigenvalue weighted by molar-refractivity contribution is 5.58. The number of benzene rings is 1. The second-order valence-electron chi connectivity index (χ2n) is 3.32. The SMILES string of the molecule is CC.CC=O.Cc1ccc(-c2ccccn2)cc1. The molecule has 2 aromatic rings. The van der Waals surface area contributed by atoms with Gasteiger partial charge in [0.2, 0.25) is 0 Å². The third-order valence-corrected chi connectivity index (χ3v) is 2.01. The number of pyridine rings is 1. The summed E-state index contributed by atoms with van der Waals surface area (Å²) in [4.78, 5) is 13.1.